The quantitative estimate of drug-likeness (QED) is 0.660. The molecule has 0 aliphatic carbocycles. The van der Waals surface area contributed by atoms with E-state index >= 15 is 0 Å². The molecule has 78 valence electrons. The lowest BCUT2D eigenvalue weighted by Gasteiger charge is -2.25. The van der Waals surface area contributed by atoms with Crippen molar-refractivity contribution < 1.29 is 4.74 Å². The van der Waals surface area contributed by atoms with Gasteiger partial charge in [-0.3, -0.25) is 0 Å². The third kappa shape index (κ3) is 4.07. The second-order valence-corrected chi connectivity index (χ2v) is 4.49. The maximum absolute atomic E-state index is 5.31. The first-order valence-electron chi connectivity index (χ1n) is 5.11. The summed E-state index contributed by atoms with van der Waals surface area (Å²) in [4.78, 5) is 0. The largest absolute Gasteiger partial charge is 0.381 e. The standard InChI is InChI=1S/C10H22N2O/c1-10(2,11-3)8-12-6-9-4-5-13-7-9/h9,11-12H,4-8H2,1-3H3. The van der Waals surface area contributed by atoms with E-state index in [-0.39, 0.29) is 5.54 Å². The predicted octanol–water partition coefficient (Wildman–Crippen LogP) is 0.610. The van der Waals surface area contributed by atoms with Gasteiger partial charge in [0, 0.05) is 25.2 Å². The SMILES string of the molecule is CNC(C)(C)CNCC1CCOC1. The Morgan fingerprint density at radius 2 is 2.23 bits per heavy atom. The van der Waals surface area contributed by atoms with Crippen LogP contribution in [0.4, 0.5) is 0 Å². The molecule has 1 rings (SSSR count). The Bertz CT molecular complexity index is 142. The first-order chi connectivity index (χ1) is 6.14. The highest BCUT2D eigenvalue weighted by atomic mass is 16.5. The van der Waals surface area contributed by atoms with Crippen LogP contribution < -0.4 is 10.6 Å². The molecule has 1 heterocycles. The van der Waals surface area contributed by atoms with Crippen LogP contribution in [-0.2, 0) is 4.74 Å². The van der Waals surface area contributed by atoms with Crippen LogP contribution in [0.3, 0.4) is 0 Å². The first-order valence-corrected chi connectivity index (χ1v) is 5.11. The van der Waals surface area contributed by atoms with Gasteiger partial charge in [-0.05, 0) is 33.2 Å². The Labute approximate surface area is 81.2 Å². The molecule has 13 heavy (non-hydrogen) atoms. The van der Waals surface area contributed by atoms with E-state index < -0.39 is 0 Å². The Morgan fingerprint density at radius 1 is 1.46 bits per heavy atom. The molecule has 0 bridgehead atoms. The average Bonchev–Trinajstić information content (AvgIpc) is 2.57. The number of hydrogen-bond acceptors (Lipinski definition) is 3. The molecule has 1 aliphatic heterocycles. The van der Waals surface area contributed by atoms with Gasteiger partial charge in [0.25, 0.3) is 0 Å². The third-order valence-corrected chi connectivity index (χ3v) is 2.70. The number of ether oxygens (including phenoxy) is 1. The fourth-order valence-corrected chi connectivity index (χ4v) is 1.42. The van der Waals surface area contributed by atoms with E-state index in [0.717, 1.165) is 32.2 Å². The van der Waals surface area contributed by atoms with E-state index in [0.29, 0.717) is 0 Å². The molecule has 1 atom stereocenters. The van der Waals surface area contributed by atoms with Crippen LogP contribution in [0.1, 0.15) is 20.3 Å². The smallest absolute Gasteiger partial charge is 0.0507 e. The summed E-state index contributed by atoms with van der Waals surface area (Å²) < 4.78 is 5.31. The molecule has 0 amide bonds. The zero-order valence-electron chi connectivity index (χ0n) is 9.02. The highest BCUT2D eigenvalue weighted by molar-refractivity contribution is 4.79. The average molecular weight is 186 g/mol. The molecule has 1 saturated heterocycles. The van der Waals surface area contributed by atoms with Crippen molar-refractivity contribution in [1.82, 2.24) is 10.6 Å². The van der Waals surface area contributed by atoms with E-state index in [4.69, 9.17) is 4.74 Å². The van der Waals surface area contributed by atoms with Crippen molar-refractivity contribution >= 4 is 0 Å². The zero-order chi connectivity index (χ0) is 9.73. The normalized spacial score (nSPS) is 23.8. The molecule has 0 aromatic heterocycles. The molecular formula is C10H22N2O. The number of nitrogens with one attached hydrogen (secondary N) is 2. The maximum Gasteiger partial charge on any atom is 0.0507 e. The minimum Gasteiger partial charge on any atom is -0.381 e. The van der Waals surface area contributed by atoms with Crippen LogP contribution >= 0.6 is 0 Å². The number of likely N-dealkylation sites (N-methyl/N-ethyl adjacent to an activating group) is 1. The lowest BCUT2D eigenvalue weighted by Crippen LogP contribution is -2.46. The van der Waals surface area contributed by atoms with Crippen molar-refractivity contribution in [3.63, 3.8) is 0 Å². The first kappa shape index (κ1) is 11.0. The van der Waals surface area contributed by atoms with Crippen LogP contribution in [0.25, 0.3) is 0 Å². The summed E-state index contributed by atoms with van der Waals surface area (Å²) in [6.45, 7) is 8.39. The van der Waals surface area contributed by atoms with Crippen LogP contribution in [0, 0.1) is 5.92 Å². The molecule has 0 saturated carbocycles. The fourth-order valence-electron chi connectivity index (χ4n) is 1.42. The van der Waals surface area contributed by atoms with Crippen molar-refractivity contribution in [1.29, 1.82) is 0 Å². The van der Waals surface area contributed by atoms with Crippen LogP contribution in [0.15, 0.2) is 0 Å². The molecule has 1 aliphatic rings. The monoisotopic (exact) mass is 186 g/mol. The van der Waals surface area contributed by atoms with E-state index in [1.165, 1.54) is 6.42 Å². The summed E-state index contributed by atoms with van der Waals surface area (Å²) in [5.74, 6) is 0.729. The molecule has 3 nitrogen and oxygen atoms in total. The summed E-state index contributed by atoms with van der Waals surface area (Å²) in [5, 5.41) is 6.75. The summed E-state index contributed by atoms with van der Waals surface area (Å²) in [7, 11) is 2.00. The fraction of sp³-hybridized carbons (Fsp3) is 1.00. The molecular weight excluding hydrogens is 164 g/mol. The van der Waals surface area contributed by atoms with Crippen molar-refractivity contribution in [3.8, 4) is 0 Å². The zero-order valence-corrected chi connectivity index (χ0v) is 9.02. The lowest BCUT2D eigenvalue weighted by atomic mass is 10.1. The topological polar surface area (TPSA) is 33.3 Å². The van der Waals surface area contributed by atoms with Gasteiger partial charge in [0.2, 0.25) is 0 Å². The summed E-state index contributed by atoms with van der Waals surface area (Å²) >= 11 is 0. The highest BCUT2D eigenvalue weighted by Crippen LogP contribution is 2.10. The lowest BCUT2D eigenvalue weighted by molar-refractivity contribution is 0.184. The van der Waals surface area contributed by atoms with E-state index in [9.17, 15) is 0 Å². The Hall–Kier alpha value is -0.120. The van der Waals surface area contributed by atoms with Crippen molar-refractivity contribution in [2.75, 3.05) is 33.4 Å². The minimum atomic E-state index is 0.194. The van der Waals surface area contributed by atoms with Crippen molar-refractivity contribution in [2.24, 2.45) is 5.92 Å². The van der Waals surface area contributed by atoms with Gasteiger partial charge >= 0.3 is 0 Å². The molecule has 0 aromatic rings. The van der Waals surface area contributed by atoms with Crippen LogP contribution in [-0.4, -0.2) is 38.9 Å². The Kier molecular flexibility index (Phi) is 4.16. The molecule has 1 fully saturated rings. The summed E-state index contributed by atoms with van der Waals surface area (Å²) in [6.07, 6.45) is 1.22. The second kappa shape index (κ2) is 4.94. The van der Waals surface area contributed by atoms with Gasteiger partial charge in [-0.15, -0.1) is 0 Å². The number of hydrogen-bond donors (Lipinski definition) is 2. The maximum atomic E-state index is 5.31. The Morgan fingerprint density at radius 3 is 2.77 bits per heavy atom. The molecule has 0 aromatic carbocycles. The second-order valence-electron chi connectivity index (χ2n) is 4.49. The molecule has 2 N–H and O–H groups in total. The van der Waals surface area contributed by atoms with Gasteiger partial charge < -0.3 is 15.4 Å². The van der Waals surface area contributed by atoms with Gasteiger partial charge in [-0.25, -0.2) is 0 Å². The molecule has 3 heteroatoms. The van der Waals surface area contributed by atoms with Gasteiger partial charge in [-0.1, -0.05) is 0 Å². The van der Waals surface area contributed by atoms with Gasteiger partial charge in [-0.2, -0.15) is 0 Å². The van der Waals surface area contributed by atoms with E-state index in [1.54, 1.807) is 0 Å². The van der Waals surface area contributed by atoms with E-state index in [2.05, 4.69) is 24.5 Å². The van der Waals surface area contributed by atoms with E-state index in [1.807, 2.05) is 7.05 Å². The minimum absolute atomic E-state index is 0.194. The number of rotatable bonds is 5. The van der Waals surface area contributed by atoms with Gasteiger partial charge in [0.05, 0.1) is 6.61 Å². The molecule has 1 unspecified atom stereocenters. The van der Waals surface area contributed by atoms with Crippen molar-refractivity contribution in [3.05, 3.63) is 0 Å². The van der Waals surface area contributed by atoms with Crippen LogP contribution in [0.2, 0.25) is 0 Å². The van der Waals surface area contributed by atoms with Gasteiger partial charge in [0.1, 0.15) is 0 Å². The summed E-state index contributed by atoms with van der Waals surface area (Å²) in [5.41, 5.74) is 0.194. The molecule has 0 radical (unpaired) electrons. The van der Waals surface area contributed by atoms with Gasteiger partial charge in [0.15, 0.2) is 0 Å². The van der Waals surface area contributed by atoms with Crippen molar-refractivity contribution in [2.45, 2.75) is 25.8 Å². The summed E-state index contributed by atoms with van der Waals surface area (Å²) in [6, 6.07) is 0. The highest BCUT2D eigenvalue weighted by Gasteiger charge is 2.17. The third-order valence-electron chi connectivity index (χ3n) is 2.70. The Balaban J connectivity index is 2.06. The van der Waals surface area contributed by atoms with Crippen LogP contribution in [0.5, 0.6) is 0 Å². The predicted molar refractivity (Wildman–Crippen MR) is 54.9 cm³/mol. The molecule has 0 spiro atoms.